The molecule has 1 rings (SSSR count). The maximum Gasteiger partial charge on any atom is 0.416 e. The molecule has 0 aliphatic heterocycles. The van der Waals surface area contributed by atoms with Crippen molar-refractivity contribution in [3.8, 4) is 0 Å². The first-order valence-electron chi connectivity index (χ1n) is 4.51. The zero-order valence-electron chi connectivity index (χ0n) is 8.01. The van der Waals surface area contributed by atoms with Crippen molar-refractivity contribution in [2.75, 3.05) is 12.3 Å². The van der Waals surface area contributed by atoms with E-state index < -0.39 is 11.7 Å². The first-order chi connectivity index (χ1) is 6.95. The minimum atomic E-state index is -4.36. The van der Waals surface area contributed by atoms with Gasteiger partial charge in [-0.15, -0.1) is 0 Å². The van der Waals surface area contributed by atoms with Gasteiger partial charge in [0.05, 0.1) is 5.56 Å². The van der Waals surface area contributed by atoms with Gasteiger partial charge in [-0.2, -0.15) is 13.2 Å². The number of nitrogen functional groups attached to an aromatic ring is 1. The Morgan fingerprint density at radius 2 is 1.93 bits per heavy atom. The molecule has 0 spiro atoms. The van der Waals surface area contributed by atoms with Crippen LogP contribution in [-0.4, -0.2) is 11.7 Å². The molecule has 0 heterocycles. The Bertz CT molecular complexity index is 336. The second kappa shape index (κ2) is 4.53. The highest BCUT2D eigenvalue weighted by Gasteiger charge is 2.30. The molecule has 1 aromatic carbocycles. The second-order valence-corrected chi connectivity index (χ2v) is 3.24. The summed E-state index contributed by atoms with van der Waals surface area (Å²) in [5, 5.41) is 8.58. The van der Waals surface area contributed by atoms with Gasteiger partial charge in [-0.05, 0) is 30.5 Å². The number of halogens is 3. The van der Waals surface area contributed by atoms with Crippen LogP contribution in [0.4, 0.5) is 18.9 Å². The van der Waals surface area contributed by atoms with Crippen LogP contribution >= 0.6 is 0 Å². The molecule has 0 saturated carbocycles. The summed E-state index contributed by atoms with van der Waals surface area (Å²) in [6.45, 7) is 0.000459. The van der Waals surface area contributed by atoms with E-state index in [1.165, 1.54) is 6.07 Å². The van der Waals surface area contributed by atoms with Crippen molar-refractivity contribution < 1.29 is 18.3 Å². The number of alkyl halides is 3. The van der Waals surface area contributed by atoms with Crippen LogP contribution in [0.5, 0.6) is 0 Å². The lowest BCUT2D eigenvalue weighted by Crippen LogP contribution is -2.07. The van der Waals surface area contributed by atoms with Gasteiger partial charge >= 0.3 is 6.18 Å². The van der Waals surface area contributed by atoms with Crippen LogP contribution in [-0.2, 0) is 12.6 Å². The number of hydrogen-bond acceptors (Lipinski definition) is 2. The minimum Gasteiger partial charge on any atom is -0.398 e. The van der Waals surface area contributed by atoms with E-state index in [0.29, 0.717) is 18.4 Å². The maximum atomic E-state index is 12.3. The highest BCUT2D eigenvalue weighted by molar-refractivity contribution is 5.49. The number of hydrogen-bond donors (Lipinski definition) is 2. The zero-order valence-corrected chi connectivity index (χ0v) is 8.01. The zero-order chi connectivity index (χ0) is 11.5. The highest BCUT2D eigenvalue weighted by atomic mass is 19.4. The molecule has 0 fully saturated rings. The summed E-state index contributed by atoms with van der Waals surface area (Å²) in [6, 6.07) is 3.28. The maximum absolute atomic E-state index is 12.3. The van der Waals surface area contributed by atoms with Gasteiger partial charge in [0.2, 0.25) is 0 Å². The molecule has 0 saturated heterocycles. The van der Waals surface area contributed by atoms with E-state index in [2.05, 4.69) is 0 Å². The fourth-order valence-electron chi connectivity index (χ4n) is 1.27. The third-order valence-electron chi connectivity index (χ3n) is 2.08. The van der Waals surface area contributed by atoms with E-state index in [1.54, 1.807) is 0 Å². The summed E-state index contributed by atoms with van der Waals surface area (Å²) in [5.74, 6) is 0. The summed E-state index contributed by atoms with van der Waals surface area (Å²) < 4.78 is 36.8. The Kier molecular flexibility index (Phi) is 3.57. The molecule has 84 valence electrons. The number of nitrogens with two attached hydrogens (primary N) is 1. The van der Waals surface area contributed by atoms with E-state index in [0.717, 1.165) is 12.1 Å². The van der Waals surface area contributed by atoms with Crippen molar-refractivity contribution >= 4 is 5.69 Å². The van der Waals surface area contributed by atoms with Gasteiger partial charge in [-0.1, -0.05) is 6.07 Å². The number of anilines is 1. The molecule has 0 aromatic heterocycles. The van der Waals surface area contributed by atoms with Gasteiger partial charge < -0.3 is 10.8 Å². The molecule has 15 heavy (non-hydrogen) atoms. The summed E-state index contributed by atoms with van der Waals surface area (Å²) in [6.07, 6.45) is -3.38. The van der Waals surface area contributed by atoms with Crippen molar-refractivity contribution in [1.82, 2.24) is 0 Å². The Morgan fingerprint density at radius 1 is 1.27 bits per heavy atom. The standard InChI is InChI=1S/C10H12F3NO/c11-10(12,13)8-4-3-7(2-1-5-15)9(14)6-8/h3-4,6,15H,1-2,5,14H2. The summed E-state index contributed by atoms with van der Waals surface area (Å²) in [7, 11) is 0. The molecule has 0 amide bonds. The Morgan fingerprint density at radius 3 is 2.40 bits per heavy atom. The van der Waals surface area contributed by atoms with Crippen LogP contribution in [0.25, 0.3) is 0 Å². The number of aryl methyl sites for hydroxylation is 1. The molecular weight excluding hydrogens is 207 g/mol. The molecule has 0 aliphatic carbocycles. The first kappa shape index (κ1) is 11.8. The summed E-state index contributed by atoms with van der Waals surface area (Å²) in [5.41, 5.74) is 5.49. The molecule has 5 heteroatoms. The minimum absolute atomic E-state index is 0.000459. The molecule has 2 nitrogen and oxygen atoms in total. The molecular formula is C10H12F3NO. The average Bonchev–Trinajstić information content (AvgIpc) is 2.14. The number of rotatable bonds is 3. The van der Waals surface area contributed by atoms with Gasteiger partial charge in [0.25, 0.3) is 0 Å². The lowest BCUT2D eigenvalue weighted by Gasteiger charge is -2.10. The highest BCUT2D eigenvalue weighted by Crippen LogP contribution is 2.31. The van der Waals surface area contributed by atoms with Crippen molar-refractivity contribution in [2.45, 2.75) is 19.0 Å². The number of aliphatic hydroxyl groups excluding tert-OH is 1. The molecule has 0 unspecified atom stereocenters. The van der Waals surface area contributed by atoms with Crippen LogP contribution in [0.15, 0.2) is 18.2 Å². The number of benzene rings is 1. The van der Waals surface area contributed by atoms with Crippen LogP contribution < -0.4 is 5.73 Å². The Hall–Kier alpha value is -1.23. The molecule has 0 aliphatic rings. The van der Waals surface area contributed by atoms with Crippen LogP contribution in [0.3, 0.4) is 0 Å². The molecule has 0 radical (unpaired) electrons. The van der Waals surface area contributed by atoms with E-state index in [4.69, 9.17) is 10.8 Å². The second-order valence-electron chi connectivity index (χ2n) is 3.24. The first-order valence-corrected chi connectivity index (χ1v) is 4.51. The molecule has 1 aromatic rings. The summed E-state index contributed by atoms with van der Waals surface area (Å²) in [4.78, 5) is 0. The molecule has 3 N–H and O–H groups in total. The van der Waals surface area contributed by atoms with Crippen molar-refractivity contribution in [2.24, 2.45) is 0 Å². The third-order valence-corrected chi connectivity index (χ3v) is 2.08. The Balaban J connectivity index is 2.88. The smallest absolute Gasteiger partial charge is 0.398 e. The van der Waals surface area contributed by atoms with E-state index in [-0.39, 0.29) is 12.3 Å². The van der Waals surface area contributed by atoms with E-state index >= 15 is 0 Å². The summed E-state index contributed by atoms with van der Waals surface area (Å²) >= 11 is 0. The topological polar surface area (TPSA) is 46.2 Å². The van der Waals surface area contributed by atoms with Gasteiger partial charge in [0, 0.05) is 12.3 Å². The lowest BCUT2D eigenvalue weighted by atomic mass is 10.0. The molecule has 0 bridgehead atoms. The predicted octanol–water partition coefficient (Wildman–Crippen LogP) is 2.21. The van der Waals surface area contributed by atoms with Gasteiger partial charge in [0.15, 0.2) is 0 Å². The third kappa shape index (κ3) is 3.13. The lowest BCUT2D eigenvalue weighted by molar-refractivity contribution is -0.137. The van der Waals surface area contributed by atoms with Gasteiger partial charge in [-0.25, -0.2) is 0 Å². The van der Waals surface area contributed by atoms with E-state index in [1.807, 2.05) is 0 Å². The fourth-order valence-corrected chi connectivity index (χ4v) is 1.27. The molecule has 0 atom stereocenters. The SMILES string of the molecule is Nc1cc(C(F)(F)F)ccc1CCCO. The van der Waals surface area contributed by atoms with Gasteiger partial charge in [0.1, 0.15) is 0 Å². The van der Waals surface area contributed by atoms with Crippen LogP contribution in [0, 0.1) is 0 Å². The van der Waals surface area contributed by atoms with Gasteiger partial charge in [-0.3, -0.25) is 0 Å². The normalized spacial score (nSPS) is 11.7. The Labute approximate surface area is 85.5 Å². The monoisotopic (exact) mass is 219 g/mol. The van der Waals surface area contributed by atoms with E-state index in [9.17, 15) is 13.2 Å². The fraction of sp³-hybridized carbons (Fsp3) is 0.400. The quantitative estimate of drug-likeness (QED) is 0.765. The van der Waals surface area contributed by atoms with Crippen LogP contribution in [0.2, 0.25) is 0 Å². The number of aliphatic hydroxyl groups is 1. The van der Waals surface area contributed by atoms with Crippen molar-refractivity contribution in [3.63, 3.8) is 0 Å². The van der Waals surface area contributed by atoms with Crippen molar-refractivity contribution in [3.05, 3.63) is 29.3 Å². The predicted molar refractivity (Wildman–Crippen MR) is 51.3 cm³/mol. The largest absolute Gasteiger partial charge is 0.416 e. The van der Waals surface area contributed by atoms with Crippen molar-refractivity contribution in [1.29, 1.82) is 0 Å². The van der Waals surface area contributed by atoms with Crippen LogP contribution in [0.1, 0.15) is 17.5 Å². The average molecular weight is 219 g/mol.